The molecule has 0 aliphatic heterocycles. The molecule has 1 aromatic heterocycles. The molecular weight excluding hydrogens is 216 g/mol. The third-order valence-electron chi connectivity index (χ3n) is 2.66. The van der Waals surface area contributed by atoms with Crippen LogP contribution in [0.1, 0.15) is 37.4 Å². The summed E-state index contributed by atoms with van der Waals surface area (Å²) in [7, 11) is 1.89. The van der Waals surface area contributed by atoms with Gasteiger partial charge in [0.25, 0.3) is 0 Å². The van der Waals surface area contributed by atoms with Gasteiger partial charge < -0.3 is 11.1 Å². The molecule has 0 radical (unpaired) electrons. The Morgan fingerprint density at radius 3 is 2.94 bits per heavy atom. The Kier molecular flexibility index (Phi) is 5.69. The lowest BCUT2D eigenvalue weighted by molar-refractivity contribution is -0.121. The number of nitrogens with zero attached hydrogens (tertiary/aromatic N) is 2. The molecule has 1 rings (SSSR count). The van der Waals surface area contributed by atoms with E-state index < -0.39 is 0 Å². The molecule has 17 heavy (non-hydrogen) atoms. The van der Waals surface area contributed by atoms with Gasteiger partial charge in [-0.2, -0.15) is 5.10 Å². The van der Waals surface area contributed by atoms with Crippen molar-refractivity contribution in [3.05, 3.63) is 17.5 Å². The van der Waals surface area contributed by atoms with E-state index in [4.69, 9.17) is 5.73 Å². The molecule has 0 unspecified atom stereocenters. The Labute approximate surface area is 102 Å². The first-order valence-corrected chi connectivity index (χ1v) is 6.15. The second-order valence-electron chi connectivity index (χ2n) is 4.15. The summed E-state index contributed by atoms with van der Waals surface area (Å²) in [6.07, 6.45) is 5.16. The molecule has 0 fully saturated rings. The maximum Gasteiger partial charge on any atom is 0.220 e. The van der Waals surface area contributed by atoms with Crippen molar-refractivity contribution in [2.24, 2.45) is 12.8 Å². The average Bonchev–Trinajstić information content (AvgIpc) is 2.67. The van der Waals surface area contributed by atoms with Crippen molar-refractivity contribution >= 4 is 5.91 Å². The average molecular weight is 238 g/mol. The van der Waals surface area contributed by atoms with E-state index in [2.05, 4.69) is 17.3 Å². The fraction of sp³-hybridized carbons (Fsp3) is 0.667. The normalized spacial score (nSPS) is 10.5. The van der Waals surface area contributed by atoms with Crippen LogP contribution in [-0.4, -0.2) is 22.2 Å². The minimum atomic E-state index is 0.0874. The highest BCUT2D eigenvalue weighted by Gasteiger charge is 2.07. The van der Waals surface area contributed by atoms with Crippen LogP contribution >= 0.6 is 0 Å². The standard InChI is InChI=1S/C12H22N4O/c1-3-11-10(9-16(2)15-11)8-14-12(17)6-4-5-7-13/h9H,3-8,13H2,1-2H3,(H,14,17). The van der Waals surface area contributed by atoms with E-state index in [9.17, 15) is 4.79 Å². The number of rotatable bonds is 7. The van der Waals surface area contributed by atoms with Crippen LogP contribution < -0.4 is 11.1 Å². The third kappa shape index (κ3) is 4.56. The van der Waals surface area contributed by atoms with Crippen molar-refractivity contribution in [1.82, 2.24) is 15.1 Å². The van der Waals surface area contributed by atoms with E-state index >= 15 is 0 Å². The van der Waals surface area contributed by atoms with E-state index in [0.29, 0.717) is 19.5 Å². The molecule has 0 aliphatic rings. The summed E-state index contributed by atoms with van der Waals surface area (Å²) >= 11 is 0. The van der Waals surface area contributed by atoms with E-state index in [1.165, 1.54) is 0 Å². The van der Waals surface area contributed by atoms with Gasteiger partial charge in [-0.25, -0.2) is 0 Å². The maximum absolute atomic E-state index is 11.5. The Balaban J connectivity index is 2.36. The molecule has 1 heterocycles. The lowest BCUT2D eigenvalue weighted by Gasteiger charge is -2.04. The number of carbonyl (C=O) groups excluding carboxylic acids is 1. The molecule has 0 aromatic carbocycles. The zero-order valence-electron chi connectivity index (χ0n) is 10.7. The largest absolute Gasteiger partial charge is 0.352 e. The molecule has 96 valence electrons. The van der Waals surface area contributed by atoms with Gasteiger partial charge in [0.1, 0.15) is 0 Å². The lowest BCUT2D eigenvalue weighted by Crippen LogP contribution is -2.22. The zero-order chi connectivity index (χ0) is 12.7. The summed E-state index contributed by atoms with van der Waals surface area (Å²) in [5.41, 5.74) is 7.53. The summed E-state index contributed by atoms with van der Waals surface area (Å²) in [5.74, 6) is 0.0874. The number of hydrogen-bond donors (Lipinski definition) is 2. The van der Waals surface area contributed by atoms with Crippen LogP contribution in [0.25, 0.3) is 0 Å². The number of carbonyl (C=O) groups is 1. The molecule has 0 aliphatic carbocycles. The number of hydrogen-bond acceptors (Lipinski definition) is 3. The van der Waals surface area contributed by atoms with Gasteiger partial charge in [0.2, 0.25) is 5.91 Å². The molecular formula is C12H22N4O. The van der Waals surface area contributed by atoms with Crippen LogP contribution in [0.4, 0.5) is 0 Å². The number of nitrogens with two attached hydrogens (primary N) is 1. The van der Waals surface area contributed by atoms with Crippen molar-refractivity contribution in [2.45, 2.75) is 39.2 Å². The minimum absolute atomic E-state index is 0.0874. The van der Waals surface area contributed by atoms with Gasteiger partial charge in [-0.1, -0.05) is 6.92 Å². The fourth-order valence-corrected chi connectivity index (χ4v) is 1.74. The Morgan fingerprint density at radius 2 is 2.29 bits per heavy atom. The van der Waals surface area contributed by atoms with Crippen molar-refractivity contribution in [2.75, 3.05) is 6.54 Å². The molecule has 0 spiro atoms. The van der Waals surface area contributed by atoms with Crippen LogP contribution in [0, 0.1) is 0 Å². The fourth-order valence-electron chi connectivity index (χ4n) is 1.74. The number of aromatic nitrogens is 2. The molecule has 3 N–H and O–H groups in total. The quantitative estimate of drug-likeness (QED) is 0.688. The van der Waals surface area contributed by atoms with Crippen LogP contribution in [-0.2, 0) is 24.8 Å². The maximum atomic E-state index is 11.5. The number of unbranched alkanes of at least 4 members (excludes halogenated alkanes) is 1. The predicted molar refractivity (Wildman–Crippen MR) is 67.3 cm³/mol. The first-order chi connectivity index (χ1) is 8.17. The van der Waals surface area contributed by atoms with Gasteiger partial charge in [0, 0.05) is 31.8 Å². The van der Waals surface area contributed by atoms with Crippen LogP contribution in [0.15, 0.2) is 6.20 Å². The van der Waals surface area contributed by atoms with E-state index in [-0.39, 0.29) is 5.91 Å². The number of nitrogens with one attached hydrogen (secondary N) is 1. The van der Waals surface area contributed by atoms with Gasteiger partial charge in [0.15, 0.2) is 0 Å². The Morgan fingerprint density at radius 1 is 1.53 bits per heavy atom. The highest BCUT2D eigenvalue weighted by atomic mass is 16.1. The molecule has 1 amide bonds. The summed E-state index contributed by atoms with van der Waals surface area (Å²) in [6, 6.07) is 0. The molecule has 0 saturated carbocycles. The van der Waals surface area contributed by atoms with Crippen LogP contribution in [0.2, 0.25) is 0 Å². The van der Waals surface area contributed by atoms with Gasteiger partial charge in [-0.15, -0.1) is 0 Å². The summed E-state index contributed by atoms with van der Waals surface area (Å²) in [4.78, 5) is 11.5. The van der Waals surface area contributed by atoms with E-state index in [0.717, 1.165) is 30.5 Å². The Bertz CT molecular complexity index is 359. The third-order valence-corrected chi connectivity index (χ3v) is 2.66. The second-order valence-corrected chi connectivity index (χ2v) is 4.15. The van der Waals surface area contributed by atoms with Crippen LogP contribution in [0.3, 0.4) is 0 Å². The molecule has 5 nitrogen and oxygen atoms in total. The monoisotopic (exact) mass is 238 g/mol. The predicted octanol–water partition coefficient (Wildman–Crippen LogP) is 0.728. The molecule has 0 bridgehead atoms. The Hall–Kier alpha value is -1.36. The molecule has 1 aromatic rings. The van der Waals surface area contributed by atoms with Crippen molar-refractivity contribution in [3.8, 4) is 0 Å². The molecule has 0 saturated heterocycles. The van der Waals surface area contributed by atoms with E-state index in [1.54, 1.807) is 4.68 Å². The smallest absolute Gasteiger partial charge is 0.220 e. The van der Waals surface area contributed by atoms with Gasteiger partial charge >= 0.3 is 0 Å². The summed E-state index contributed by atoms with van der Waals surface area (Å²) in [6.45, 7) is 3.28. The first kappa shape index (κ1) is 13.7. The SMILES string of the molecule is CCc1nn(C)cc1CNC(=O)CCCCN. The summed E-state index contributed by atoms with van der Waals surface area (Å²) in [5, 5.41) is 7.24. The summed E-state index contributed by atoms with van der Waals surface area (Å²) < 4.78 is 1.79. The zero-order valence-corrected chi connectivity index (χ0v) is 10.7. The van der Waals surface area contributed by atoms with Gasteiger partial charge in [0.05, 0.1) is 5.69 Å². The first-order valence-electron chi connectivity index (χ1n) is 6.15. The highest BCUT2D eigenvalue weighted by molar-refractivity contribution is 5.75. The second kappa shape index (κ2) is 7.06. The minimum Gasteiger partial charge on any atom is -0.352 e. The van der Waals surface area contributed by atoms with Gasteiger partial charge in [-0.3, -0.25) is 9.48 Å². The highest BCUT2D eigenvalue weighted by Crippen LogP contribution is 2.06. The molecule has 5 heteroatoms. The van der Waals surface area contributed by atoms with Gasteiger partial charge in [-0.05, 0) is 25.8 Å². The molecule has 0 atom stereocenters. The van der Waals surface area contributed by atoms with Crippen molar-refractivity contribution < 1.29 is 4.79 Å². The van der Waals surface area contributed by atoms with Crippen molar-refractivity contribution in [3.63, 3.8) is 0 Å². The topological polar surface area (TPSA) is 72.9 Å². The van der Waals surface area contributed by atoms with E-state index in [1.807, 2.05) is 13.2 Å². The van der Waals surface area contributed by atoms with Crippen LogP contribution in [0.5, 0.6) is 0 Å². The van der Waals surface area contributed by atoms with Crippen molar-refractivity contribution in [1.29, 1.82) is 0 Å². The number of aryl methyl sites for hydroxylation is 2. The lowest BCUT2D eigenvalue weighted by atomic mass is 10.2. The number of amides is 1.